The Morgan fingerprint density at radius 1 is 0.947 bits per heavy atom. The Hall–Kier alpha value is -1.12. The van der Waals surface area contributed by atoms with E-state index in [1.165, 1.54) is 31.7 Å². The molecule has 2 aromatic carbocycles. The van der Waals surface area contributed by atoms with Crippen LogP contribution in [-0.2, 0) is 0 Å². The molecular weight excluding hydrogens is 316 g/mol. The van der Waals surface area contributed by atoms with Crippen molar-refractivity contribution in [3.8, 4) is 0 Å². The van der Waals surface area contributed by atoms with Crippen LogP contribution in [-0.4, -0.2) is 0 Å². The molecule has 0 bridgehead atoms. The molecule has 3 rings (SSSR count). The molecule has 3 aromatic rings. The Labute approximate surface area is 126 Å². The molecular formula is C17H15BrS. The summed E-state index contributed by atoms with van der Waals surface area (Å²) in [5.41, 5.74) is 2.71. The monoisotopic (exact) mass is 330 g/mol. The van der Waals surface area contributed by atoms with Crippen molar-refractivity contribution >= 4 is 38.0 Å². The number of aryl methyl sites for hydroxylation is 2. The number of benzene rings is 2. The van der Waals surface area contributed by atoms with E-state index >= 15 is 0 Å². The van der Waals surface area contributed by atoms with E-state index in [1.54, 1.807) is 0 Å². The summed E-state index contributed by atoms with van der Waals surface area (Å²) >= 11 is 5.72. The van der Waals surface area contributed by atoms with E-state index in [-0.39, 0.29) is 4.83 Å². The molecule has 1 unspecified atom stereocenters. The summed E-state index contributed by atoms with van der Waals surface area (Å²) in [4.78, 5) is 3.05. The molecule has 0 nitrogen and oxygen atoms in total. The maximum absolute atomic E-state index is 3.85. The Balaban J connectivity index is 2.06. The Kier molecular flexibility index (Phi) is 3.46. The fourth-order valence-electron chi connectivity index (χ4n) is 2.45. The summed E-state index contributed by atoms with van der Waals surface area (Å²) < 4.78 is 0. The number of hydrogen-bond donors (Lipinski definition) is 0. The van der Waals surface area contributed by atoms with Gasteiger partial charge in [0.2, 0.25) is 0 Å². The van der Waals surface area contributed by atoms with E-state index in [0.717, 1.165) is 0 Å². The summed E-state index contributed by atoms with van der Waals surface area (Å²) in [6.07, 6.45) is 0. The number of thiophene rings is 1. The minimum Gasteiger partial charge on any atom is -0.146 e. The maximum atomic E-state index is 3.85. The first-order valence-corrected chi connectivity index (χ1v) is 8.08. The summed E-state index contributed by atoms with van der Waals surface area (Å²) in [7, 11) is 0. The quantitative estimate of drug-likeness (QED) is 0.505. The van der Waals surface area contributed by atoms with Crippen LogP contribution in [0.5, 0.6) is 0 Å². The molecule has 2 heteroatoms. The fourth-order valence-corrected chi connectivity index (χ4v) is 4.32. The second kappa shape index (κ2) is 5.10. The summed E-state index contributed by atoms with van der Waals surface area (Å²) in [6.45, 7) is 4.36. The average Bonchev–Trinajstić information content (AvgIpc) is 2.76. The summed E-state index contributed by atoms with van der Waals surface area (Å²) in [5.74, 6) is 0. The molecule has 0 N–H and O–H groups in total. The van der Waals surface area contributed by atoms with Gasteiger partial charge in [-0.2, -0.15) is 0 Å². The standard InChI is InChI=1S/C17H15BrS/c1-11-9-16(12(2)19-11)17(18)15-8-7-13-5-3-4-6-14(13)10-15/h3-10,17H,1-2H3. The summed E-state index contributed by atoms with van der Waals surface area (Å²) in [5, 5.41) is 2.60. The molecule has 0 fully saturated rings. The van der Waals surface area contributed by atoms with Crippen LogP contribution >= 0.6 is 27.3 Å². The first-order chi connectivity index (χ1) is 9.15. The lowest BCUT2D eigenvalue weighted by atomic mass is 10.0. The third kappa shape index (κ3) is 2.47. The van der Waals surface area contributed by atoms with Crippen LogP contribution in [0.2, 0.25) is 0 Å². The number of fused-ring (bicyclic) bond motifs is 1. The van der Waals surface area contributed by atoms with Crippen molar-refractivity contribution in [2.75, 3.05) is 0 Å². The van der Waals surface area contributed by atoms with Gasteiger partial charge in [0.15, 0.2) is 0 Å². The highest BCUT2D eigenvalue weighted by molar-refractivity contribution is 9.09. The predicted molar refractivity (Wildman–Crippen MR) is 88.5 cm³/mol. The first-order valence-electron chi connectivity index (χ1n) is 6.35. The highest BCUT2D eigenvalue weighted by Gasteiger charge is 2.15. The molecule has 1 heterocycles. The van der Waals surface area contributed by atoms with Crippen LogP contribution in [0.3, 0.4) is 0 Å². The van der Waals surface area contributed by atoms with Crippen LogP contribution in [0.15, 0.2) is 48.5 Å². The van der Waals surface area contributed by atoms with E-state index in [0.29, 0.717) is 0 Å². The molecule has 0 amide bonds. The molecule has 96 valence electrons. The van der Waals surface area contributed by atoms with Crippen LogP contribution in [0.1, 0.15) is 25.7 Å². The number of alkyl halides is 1. The van der Waals surface area contributed by atoms with Crippen molar-refractivity contribution in [1.82, 2.24) is 0 Å². The zero-order valence-corrected chi connectivity index (χ0v) is 13.4. The number of hydrogen-bond acceptors (Lipinski definition) is 1. The highest BCUT2D eigenvalue weighted by Crippen LogP contribution is 2.37. The Morgan fingerprint density at radius 2 is 1.68 bits per heavy atom. The van der Waals surface area contributed by atoms with Crippen molar-refractivity contribution in [2.45, 2.75) is 18.7 Å². The topological polar surface area (TPSA) is 0 Å². The second-order valence-electron chi connectivity index (χ2n) is 4.84. The smallest absolute Gasteiger partial charge is 0.0655 e. The van der Waals surface area contributed by atoms with Crippen LogP contribution < -0.4 is 0 Å². The van der Waals surface area contributed by atoms with Gasteiger partial charge in [0.05, 0.1) is 4.83 Å². The van der Waals surface area contributed by atoms with Gasteiger partial charge in [0, 0.05) is 9.75 Å². The minimum atomic E-state index is 0.280. The van der Waals surface area contributed by atoms with Gasteiger partial charge in [0.1, 0.15) is 0 Å². The lowest BCUT2D eigenvalue weighted by Crippen LogP contribution is -1.92. The van der Waals surface area contributed by atoms with Gasteiger partial charge in [-0.15, -0.1) is 11.3 Å². The van der Waals surface area contributed by atoms with Gasteiger partial charge in [-0.05, 0) is 47.9 Å². The molecule has 1 atom stereocenters. The molecule has 0 saturated heterocycles. The number of halogens is 1. The molecule has 0 aliphatic rings. The largest absolute Gasteiger partial charge is 0.146 e. The van der Waals surface area contributed by atoms with Crippen molar-refractivity contribution in [3.05, 3.63) is 69.4 Å². The van der Waals surface area contributed by atoms with Gasteiger partial charge in [-0.3, -0.25) is 0 Å². The average molecular weight is 331 g/mol. The zero-order valence-electron chi connectivity index (χ0n) is 11.0. The lowest BCUT2D eigenvalue weighted by molar-refractivity contribution is 1.17. The van der Waals surface area contributed by atoms with Gasteiger partial charge < -0.3 is 0 Å². The third-order valence-electron chi connectivity index (χ3n) is 3.42. The second-order valence-corrected chi connectivity index (χ2v) is 7.21. The van der Waals surface area contributed by atoms with Crippen molar-refractivity contribution in [2.24, 2.45) is 0 Å². The Bertz CT molecular complexity index is 727. The molecule has 0 aliphatic carbocycles. The normalized spacial score (nSPS) is 12.8. The first kappa shape index (κ1) is 12.9. The van der Waals surface area contributed by atoms with Gasteiger partial charge >= 0.3 is 0 Å². The molecule has 19 heavy (non-hydrogen) atoms. The molecule has 0 radical (unpaired) electrons. The van der Waals surface area contributed by atoms with Crippen molar-refractivity contribution in [1.29, 1.82) is 0 Å². The van der Waals surface area contributed by atoms with Crippen LogP contribution in [0.4, 0.5) is 0 Å². The van der Waals surface area contributed by atoms with E-state index in [9.17, 15) is 0 Å². The molecule has 0 aliphatic heterocycles. The highest BCUT2D eigenvalue weighted by atomic mass is 79.9. The zero-order chi connectivity index (χ0) is 13.4. The lowest BCUT2D eigenvalue weighted by Gasteiger charge is -2.11. The molecule has 1 aromatic heterocycles. The van der Waals surface area contributed by atoms with Crippen LogP contribution in [0.25, 0.3) is 10.8 Å². The maximum Gasteiger partial charge on any atom is 0.0655 e. The van der Waals surface area contributed by atoms with Gasteiger partial charge in [0.25, 0.3) is 0 Å². The van der Waals surface area contributed by atoms with Crippen molar-refractivity contribution in [3.63, 3.8) is 0 Å². The number of rotatable bonds is 2. The third-order valence-corrected chi connectivity index (χ3v) is 5.42. The fraction of sp³-hybridized carbons (Fsp3) is 0.176. The minimum absolute atomic E-state index is 0.280. The van der Waals surface area contributed by atoms with E-state index in [2.05, 4.69) is 78.3 Å². The van der Waals surface area contributed by atoms with Crippen molar-refractivity contribution < 1.29 is 0 Å². The SMILES string of the molecule is Cc1cc(C(Br)c2ccc3ccccc3c2)c(C)s1. The van der Waals surface area contributed by atoms with Gasteiger partial charge in [-0.25, -0.2) is 0 Å². The molecule has 0 saturated carbocycles. The van der Waals surface area contributed by atoms with Gasteiger partial charge in [-0.1, -0.05) is 52.3 Å². The van der Waals surface area contributed by atoms with Crippen LogP contribution in [0, 0.1) is 13.8 Å². The predicted octanol–water partition coefficient (Wildman–Crippen LogP) is 6.00. The molecule has 0 spiro atoms. The van der Waals surface area contributed by atoms with E-state index in [1.807, 2.05) is 11.3 Å². The van der Waals surface area contributed by atoms with E-state index < -0.39 is 0 Å². The Morgan fingerprint density at radius 3 is 2.37 bits per heavy atom. The van der Waals surface area contributed by atoms with E-state index in [4.69, 9.17) is 0 Å². The summed E-state index contributed by atoms with van der Waals surface area (Å²) in [6, 6.07) is 17.5.